The molecule has 0 radical (unpaired) electrons. The van der Waals surface area contributed by atoms with Gasteiger partial charge in [0.15, 0.2) is 11.4 Å². The Morgan fingerprint density at radius 1 is 1.00 bits per heavy atom. The fourth-order valence-electron chi connectivity index (χ4n) is 1.15. The first-order valence-electron chi connectivity index (χ1n) is 4.85. The first kappa shape index (κ1) is 13.6. The number of carbonyl (C=O) groups is 3. The van der Waals surface area contributed by atoms with E-state index < -0.39 is 17.9 Å². The zero-order chi connectivity index (χ0) is 13.7. The molecular weight excluding hydrogens is 242 g/mol. The van der Waals surface area contributed by atoms with Gasteiger partial charge in [0.1, 0.15) is 5.75 Å². The van der Waals surface area contributed by atoms with E-state index in [1.165, 1.54) is 33.3 Å². The third-order valence-electron chi connectivity index (χ3n) is 1.85. The predicted molar refractivity (Wildman–Crippen MR) is 58.2 cm³/mol. The highest BCUT2D eigenvalue weighted by molar-refractivity contribution is 5.92. The van der Waals surface area contributed by atoms with Gasteiger partial charge in [-0.25, -0.2) is 14.6 Å². The van der Waals surface area contributed by atoms with Crippen molar-refractivity contribution in [2.75, 3.05) is 14.2 Å². The number of ether oxygens (including phenoxy) is 3. The van der Waals surface area contributed by atoms with Gasteiger partial charge >= 0.3 is 17.9 Å². The Balaban J connectivity index is 3.23. The van der Waals surface area contributed by atoms with Crippen molar-refractivity contribution < 1.29 is 28.6 Å². The van der Waals surface area contributed by atoms with E-state index in [0.717, 1.165) is 0 Å². The molecule has 0 aromatic carbocycles. The lowest BCUT2D eigenvalue weighted by molar-refractivity contribution is -0.131. The Morgan fingerprint density at radius 2 is 1.44 bits per heavy atom. The Kier molecular flexibility index (Phi) is 4.36. The number of aromatic nitrogens is 1. The van der Waals surface area contributed by atoms with Crippen LogP contribution in [0.1, 0.15) is 27.9 Å². The van der Waals surface area contributed by atoms with Gasteiger partial charge in [0.2, 0.25) is 0 Å². The zero-order valence-corrected chi connectivity index (χ0v) is 10.1. The van der Waals surface area contributed by atoms with Crippen LogP contribution in [0, 0.1) is 0 Å². The van der Waals surface area contributed by atoms with Gasteiger partial charge in [-0.05, 0) is 0 Å². The minimum atomic E-state index is -0.755. The summed E-state index contributed by atoms with van der Waals surface area (Å²) in [5.41, 5.74) is -0.312. The lowest BCUT2D eigenvalue weighted by Crippen LogP contribution is -2.12. The van der Waals surface area contributed by atoms with Crippen LogP contribution in [0.3, 0.4) is 0 Å². The summed E-state index contributed by atoms with van der Waals surface area (Å²) in [6.07, 6.45) is 0. The Morgan fingerprint density at radius 3 is 1.78 bits per heavy atom. The molecule has 0 N–H and O–H groups in total. The predicted octanol–water partition coefficient (Wildman–Crippen LogP) is 0.580. The smallest absolute Gasteiger partial charge is 0.356 e. The minimum Gasteiger partial charge on any atom is -0.464 e. The molecule has 1 rings (SSSR count). The van der Waals surface area contributed by atoms with E-state index in [-0.39, 0.29) is 17.1 Å². The summed E-state index contributed by atoms with van der Waals surface area (Å²) in [6.45, 7) is 1.19. The van der Waals surface area contributed by atoms with Crippen LogP contribution in [0.4, 0.5) is 0 Å². The van der Waals surface area contributed by atoms with Crippen LogP contribution in [0.2, 0.25) is 0 Å². The van der Waals surface area contributed by atoms with Crippen LogP contribution in [-0.2, 0) is 14.3 Å². The summed E-state index contributed by atoms with van der Waals surface area (Å²) >= 11 is 0. The van der Waals surface area contributed by atoms with E-state index in [2.05, 4.69) is 14.5 Å². The van der Waals surface area contributed by atoms with Crippen molar-refractivity contribution in [3.8, 4) is 5.75 Å². The topological polar surface area (TPSA) is 91.8 Å². The van der Waals surface area contributed by atoms with Gasteiger partial charge in [-0.15, -0.1) is 0 Å². The fraction of sp³-hybridized carbons (Fsp3) is 0.273. The molecule has 0 bridgehead atoms. The van der Waals surface area contributed by atoms with E-state index in [1.54, 1.807) is 0 Å². The molecule has 0 aliphatic rings. The monoisotopic (exact) mass is 253 g/mol. The van der Waals surface area contributed by atoms with Crippen LogP contribution in [-0.4, -0.2) is 37.1 Å². The maximum atomic E-state index is 11.3. The van der Waals surface area contributed by atoms with Crippen LogP contribution >= 0.6 is 0 Å². The number of carbonyl (C=O) groups excluding carboxylic acids is 3. The lowest BCUT2D eigenvalue weighted by Gasteiger charge is -2.06. The van der Waals surface area contributed by atoms with E-state index in [1.807, 2.05) is 0 Å². The van der Waals surface area contributed by atoms with Crippen molar-refractivity contribution in [1.29, 1.82) is 0 Å². The molecule has 7 heteroatoms. The van der Waals surface area contributed by atoms with Gasteiger partial charge in [-0.3, -0.25) is 4.79 Å². The highest BCUT2D eigenvalue weighted by Crippen LogP contribution is 2.16. The Bertz CT molecular complexity index is 462. The van der Waals surface area contributed by atoms with Gasteiger partial charge in [0.25, 0.3) is 0 Å². The first-order valence-corrected chi connectivity index (χ1v) is 4.85. The molecule has 0 fully saturated rings. The SMILES string of the molecule is COC(=O)c1cc(OC(C)=O)cc(C(=O)OC)n1. The summed E-state index contributed by atoms with van der Waals surface area (Å²) < 4.78 is 13.7. The molecule has 7 nitrogen and oxygen atoms in total. The summed E-state index contributed by atoms with van der Waals surface area (Å²) in [5, 5.41) is 0. The molecular formula is C11H11NO6. The van der Waals surface area contributed by atoms with Crippen molar-refractivity contribution in [3.05, 3.63) is 23.5 Å². The maximum Gasteiger partial charge on any atom is 0.356 e. The summed E-state index contributed by atoms with van der Waals surface area (Å²) in [4.78, 5) is 37.3. The van der Waals surface area contributed by atoms with Crippen molar-refractivity contribution in [3.63, 3.8) is 0 Å². The second-order valence-corrected chi connectivity index (χ2v) is 3.15. The van der Waals surface area contributed by atoms with Crippen LogP contribution in [0.5, 0.6) is 5.75 Å². The highest BCUT2D eigenvalue weighted by Gasteiger charge is 2.16. The number of hydrogen-bond acceptors (Lipinski definition) is 7. The summed E-state index contributed by atoms with van der Waals surface area (Å²) in [6, 6.07) is 2.39. The van der Waals surface area contributed by atoms with Gasteiger partial charge in [0, 0.05) is 19.1 Å². The molecule has 1 aromatic rings. The molecule has 18 heavy (non-hydrogen) atoms. The quantitative estimate of drug-likeness (QED) is 0.727. The first-order chi connectivity index (χ1) is 8.47. The highest BCUT2D eigenvalue weighted by atomic mass is 16.5. The largest absolute Gasteiger partial charge is 0.464 e. The number of rotatable bonds is 3. The Labute approximate surface area is 103 Å². The van der Waals surface area contributed by atoms with Crippen molar-refractivity contribution in [2.24, 2.45) is 0 Å². The van der Waals surface area contributed by atoms with Crippen molar-refractivity contribution >= 4 is 17.9 Å². The number of methoxy groups -OCH3 is 2. The molecule has 0 saturated carbocycles. The molecule has 0 amide bonds. The standard InChI is InChI=1S/C11H11NO6/c1-6(13)18-7-4-8(10(14)16-2)12-9(5-7)11(15)17-3/h4-5H,1-3H3. The third-order valence-corrected chi connectivity index (χ3v) is 1.85. The van der Waals surface area contributed by atoms with Gasteiger partial charge in [-0.1, -0.05) is 0 Å². The second kappa shape index (κ2) is 5.76. The van der Waals surface area contributed by atoms with Gasteiger partial charge in [0.05, 0.1) is 14.2 Å². The second-order valence-electron chi connectivity index (χ2n) is 3.15. The van der Waals surface area contributed by atoms with E-state index in [0.29, 0.717) is 0 Å². The number of pyridine rings is 1. The average molecular weight is 253 g/mol. The zero-order valence-electron chi connectivity index (χ0n) is 10.1. The number of hydrogen-bond donors (Lipinski definition) is 0. The minimum absolute atomic E-state index is 0.0123. The molecule has 0 saturated heterocycles. The number of nitrogens with zero attached hydrogens (tertiary/aromatic N) is 1. The molecule has 96 valence electrons. The normalized spacial score (nSPS) is 9.50. The lowest BCUT2D eigenvalue weighted by atomic mass is 10.2. The van der Waals surface area contributed by atoms with Gasteiger partial charge < -0.3 is 14.2 Å². The van der Waals surface area contributed by atoms with E-state index >= 15 is 0 Å². The van der Waals surface area contributed by atoms with Crippen LogP contribution < -0.4 is 4.74 Å². The van der Waals surface area contributed by atoms with Crippen molar-refractivity contribution in [1.82, 2.24) is 4.98 Å². The molecule has 1 heterocycles. The molecule has 0 aliphatic carbocycles. The molecule has 0 unspecified atom stereocenters. The fourth-order valence-corrected chi connectivity index (χ4v) is 1.15. The number of esters is 3. The van der Waals surface area contributed by atoms with Crippen LogP contribution in [0.15, 0.2) is 12.1 Å². The molecule has 0 spiro atoms. The summed E-state index contributed by atoms with van der Waals surface area (Å²) in [7, 11) is 2.33. The molecule has 0 atom stereocenters. The average Bonchev–Trinajstić information content (AvgIpc) is 2.35. The van der Waals surface area contributed by atoms with Crippen LogP contribution in [0.25, 0.3) is 0 Å². The van der Waals surface area contributed by atoms with Gasteiger partial charge in [-0.2, -0.15) is 0 Å². The van der Waals surface area contributed by atoms with E-state index in [9.17, 15) is 14.4 Å². The summed E-state index contributed by atoms with van der Waals surface area (Å²) in [5.74, 6) is -2.09. The molecule has 1 aromatic heterocycles. The Hall–Kier alpha value is -2.44. The van der Waals surface area contributed by atoms with E-state index in [4.69, 9.17) is 4.74 Å². The maximum absolute atomic E-state index is 11.3. The third kappa shape index (κ3) is 3.27. The van der Waals surface area contributed by atoms with Crippen molar-refractivity contribution in [2.45, 2.75) is 6.92 Å². The molecule has 0 aliphatic heterocycles.